The largest absolute Gasteiger partial charge is 0.348 e. The minimum Gasteiger partial charge on any atom is -0.348 e. The summed E-state index contributed by atoms with van der Waals surface area (Å²) in [7, 11) is 0. The summed E-state index contributed by atoms with van der Waals surface area (Å²) in [6.07, 6.45) is 3.39. The molecule has 0 radical (unpaired) electrons. The minimum absolute atomic E-state index is 0.00941. The predicted octanol–water partition coefficient (Wildman–Crippen LogP) is 2.60. The minimum atomic E-state index is -0.00941. The van der Waals surface area contributed by atoms with Gasteiger partial charge in [0.05, 0.1) is 16.6 Å². The molecule has 0 aromatic carbocycles. The van der Waals surface area contributed by atoms with E-state index in [0.717, 1.165) is 10.6 Å². The summed E-state index contributed by atoms with van der Waals surface area (Å²) in [6, 6.07) is 5.96. The van der Waals surface area contributed by atoms with E-state index in [0.29, 0.717) is 24.0 Å². The zero-order valence-corrected chi connectivity index (χ0v) is 13.7. The van der Waals surface area contributed by atoms with Crippen molar-refractivity contribution in [2.75, 3.05) is 18.4 Å². The Bertz CT molecular complexity index is 796. The summed E-state index contributed by atoms with van der Waals surface area (Å²) < 4.78 is 0. The average molecular weight is 343 g/mol. The molecule has 1 N–H and O–H groups in total. The van der Waals surface area contributed by atoms with Crippen molar-refractivity contribution in [2.45, 2.75) is 6.04 Å². The fraction of sp³-hybridized carbons (Fsp3) is 0.200. The molecule has 1 aliphatic heterocycles. The normalized spacial score (nSPS) is 14.5. The first kappa shape index (κ1) is 14.3. The molecule has 1 aliphatic rings. The highest BCUT2D eigenvalue weighted by Crippen LogP contribution is 2.27. The molecule has 6 nitrogen and oxygen atoms in total. The van der Waals surface area contributed by atoms with Crippen LogP contribution in [0.2, 0.25) is 0 Å². The van der Waals surface area contributed by atoms with E-state index in [9.17, 15) is 4.79 Å². The van der Waals surface area contributed by atoms with E-state index in [1.165, 1.54) is 11.3 Å². The molecule has 8 heteroatoms. The van der Waals surface area contributed by atoms with Crippen molar-refractivity contribution in [3.63, 3.8) is 0 Å². The van der Waals surface area contributed by atoms with Gasteiger partial charge in [0.1, 0.15) is 0 Å². The van der Waals surface area contributed by atoms with E-state index in [4.69, 9.17) is 0 Å². The second-order valence-electron chi connectivity index (χ2n) is 5.14. The van der Waals surface area contributed by atoms with Gasteiger partial charge >= 0.3 is 0 Å². The van der Waals surface area contributed by atoms with Crippen LogP contribution in [0.1, 0.15) is 9.80 Å². The first-order valence-corrected chi connectivity index (χ1v) is 8.88. The average Bonchev–Trinajstić information content (AvgIpc) is 3.21. The van der Waals surface area contributed by atoms with Crippen molar-refractivity contribution in [2.24, 2.45) is 0 Å². The number of aromatic nitrogens is 3. The van der Waals surface area contributed by atoms with Crippen molar-refractivity contribution >= 4 is 34.5 Å². The van der Waals surface area contributed by atoms with Crippen LogP contribution < -0.4 is 5.32 Å². The Morgan fingerprint density at radius 3 is 2.78 bits per heavy atom. The Morgan fingerprint density at radius 1 is 1.22 bits per heavy atom. The van der Waals surface area contributed by atoms with Gasteiger partial charge in [-0.3, -0.25) is 4.79 Å². The molecule has 0 unspecified atom stereocenters. The van der Waals surface area contributed by atoms with E-state index < -0.39 is 0 Å². The van der Waals surface area contributed by atoms with Gasteiger partial charge in [-0.15, -0.1) is 22.7 Å². The summed E-state index contributed by atoms with van der Waals surface area (Å²) in [5, 5.41) is 7.70. The van der Waals surface area contributed by atoms with E-state index in [-0.39, 0.29) is 11.9 Å². The second kappa shape index (κ2) is 6.05. The van der Waals surface area contributed by atoms with Crippen molar-refractivity contribution < 1.29 is 4.79 Å². The molecule has 116 valence electrons. The SMILES string of the molecule is O=C(c1nc(-c2cccs2)cs1)N1CC(Nc2ncccn2)C1. The third-order valence-electron chi connectivity index (χ3n) is 3.53. The molecule has 0 saturated carbocycles. The molecule has 4 rings (SSSR count). The monoisotopic (exact) mass is 343 g/mol. The highest BCUT2D eigenvalue weighted by atomic mass is 32.1. The number of thiophene rings is 1. The number of rotatable bonds is 4. The maximum atomic E-state index is 12.4. The zero-order chi connectivity index (χ0) is 15.6. The summed E-state index contributed by atoms with van der Waals surface area (Å²) >= 11 is 3.02. The number of amides is 1. The van der Waals surface area contributed by atoms with Gasteiger partial charge in [-0.1, -0.05) is 6.07 Å². The third-order valence-corrected chi connectivity index (χ3v) is 5.25. The molecule has 1 fully saturated rings. The number of thiazole rings is 1. The second-order valence-corrected chi connectivity index (χ2v) is 6.94. The van der Waals surface area contributed by atoms with Gasteiger partial charge in [0.2, 0.25) is 5.95 Å². The van der Waals surface area contributed by atoms with Crippen LogP contribution in [0.3, 0.4) is 0 Å². The quantitative estimate of drug-likeness (QED) is 0.788. The van der Waals surface area contributed by atoms with Gasteiger partial charge in [-0.2, -0.15) is 0 Å². The highest BCUT2D eigenvalue weighted by molar-refractivity contribution is 7.15. The zero-order valence-electron chi connectivity index (χ0n) is 12.0. The maximum Gasteiger partial charge on any atom is 0.282 e. The number of carbonyl (C=O) groups excluding carboxylic acids is 1. The van der Waals surface area contributed by atoms with Crippen LogP contribution in [0.25, 0.3) is 10.6 Å². The van der Waals surface area contributed by atoms with Gasteiger partial charge < -0.3 is 10.2 Å². The Kier molecular flexibility index (Phi) is 3.76. The number of likely N-dealkylation sites (tertiary alicyclic amines) is 1. The Balaban J connectivity index is 1.36. The number of nitrogens with one attached hydrogen (secondary N) is 1. The fourth-order valence-electron chi connectivity index (χ4n) is 2.34. The Morgan fingerprint density at radius 2 is 2.04 bits per heavy atom. The molecule has 1 saturated heterocycles. The van der Waals surface area contributed by atoms with Crippen LogP contribution in [0, 0.1) is 0 Å². The molecule has 23 heavy (non-hydrogen) atoms. The number of hydrogen-bond acceptors (Lipinski definition) is 7. The van der Waals surface area contributed by atoms with Crippen molar-refractivity contribution in [3.8, 4) is 10.6 Å². The van der Waals surface area contributed by atoms with E-state index in [1.807, 2.05) is 22.9 Å². The lowest BCUT2D eigenvalue weighted by Crippen LogP contribution is -2.57. The number of carbonyl (C=O) groups is 1. The van der Waals surface area contributed by atoms with Gasteiger partial charge in [-0.05, 0) is 17.5 Å². The summed E-state index contributed by atoms with van der Waals surface area (Å²) in [5.41, 5.74) is 0.876. The van der Waals surface area contributed by atoms with Crippen LogP contribution in [0.5, 0.6) is 0 Å². The highest BCUT2D eigenvalue weighted by Gasteiger charge is 2.33. The summed E-state index contributed by atoms with van der Waals surface area (Å²) in [4.78, 5) is 28.0. The number of hydrogen-bond donors (Lipinski definition) is 1. The van der Waals surface area contributed by atoms with E-state index in [1.54, 1.807) is 34.7 Å². The van der Waals surface area contributed by atoms with Gasteiger partial charge in [-0.25, -0.2) is 15.0 Å². The molecule has 4 heterocycles. The molecular weight excluding hydrogens is 330 g/mol. The van der Waals surface area contributed by atoms with Crippen molar-refractivity contribution in [1.82, 2.24) is 19.9 Å². The van der Waals surface area contributed by atoms with Crippen LogP contribution in [-0.2, 0) is 0 Å². The van der Waals surface area contributed by atoms with Crippen molar-refractivity contribution in [3.05, 3.63) is 46.4 Å². The van der Waals surface area contributed by atoms with E-state index in [2.05, 4.69) is 20.3 Å². The molecule has 0 aliphatic carbocycles. The molecule has 3 aromatic heterocycles. The molecule has 0 atom stereocenters. The third kappa shape index (κ3) is 2.95. The Labute approximate surface area is 140 Å². The predicted molar refractivity (Wildman–Crippen MR) is 90.8 cm³/mol. The lowest BCUT2D eigenvalue weighted by molar-refractivity contribution is 0.0624. The first-order chi connectivity index (χ1) is 11.3. The fourth-order valence-corrected chi connectivity index (χ4v) is 3.88. The van der Waals surface area contributed by atoms with Gasteiger partial charge in [0.15, 0.2) is 5.01 Å². The lowest BCUT2D eigenvalue weighted by atomic mass is 10.1. The summed E-state index contributed by atoms with van der Waals surface area (Å²) in [6.45, 7) is 1.29. The van der Waals surface area contributed by atoms with Crippen LogP contribution in [0.4, 0.5) is 5.95 Å². The molecular formula is C15H13N5OS2. The van der Waals surface area contributed by atoms with Gasteiger partial charge in [0.25, 0.3) is 5.91 Å². The van der Waals surface area contributed by atoms with E-state index >= 15 is 0 Å². The molecule has 0 spiro atoms. The van der Waals surface area contributed by atoms with Crippen LogP contribution in [0.15, 0.2) is 41.4 Å². The topological polar surface area (TPSA) is 71.0 Å². The lowest BCUT2D eigenvalue weighted by Gasteiger charge is -2.38. The van der Waals surface area contributed by atoms with Crippen LogP contribution in [-0.4, -0.2) is 44.9 Å². The van der Waals surface area contributed by atoms with Crippen molar-refractivity contribution in [1.29, 1.82) is 0 Å². The molecule has 3 aromatic rings. The standard InChI is InChI=1S/C15H13N5OS2/c21-14(13-19-11(9-23-13)12-3-1-6-22-12)20-7-10(8-20)18-15-16-4-2-5-17-15/h1-6,9-10H,7-8H2,(H,16,17,18). The smallest absolute Gasteiger partial charge is 0.282 e. The maximum absolute atomic E-state index is 12.4. The number of anilines is 1. The summed E-state index contributed by atoms with van der Waals surface area (Å²) in [5.74, 6) is 0.587. The molecule has 0 bridgehead atoms. The van der Waals surface area contributed by atoms with Gasteiger partial charge in [0, 0.05) is 30.9 Å². The Hall–Kier alpha value is -2.32. The first-order valence-electron chi connectivity index (χ1n) is 7.12. The number of nitrogens with zero attached hydrogens (tertiary/aromatic N) is 4. The molecule has 1 amide bonds. The van der Waals surface area contributed by atoms with Crippen LogP contribution >= 0.6 is 22.7 Å².